The van der Waals surface area contributed by atoms with Gasteiger partial charge in [-0.1, -0.05) is 48.5 Å². The SMILES string of the molecule is C[C@H]1CN(C(=O)Cc2[nH]nc3ccccc23)[C@@H](c2ccccc2)CO1. The van der Waals surface area contributed by atoms with Crippen molar-refractivity contribution >= 4 is 16.8 Å². The van der Waals surface area contributed by atoms with Crippen molar-refractivity contribution in [3.8, 4) is 0 Å². The lowest BCUT2D eigenvalue weighted by Gasteiger charge is -2.39. The molecule has 1 amide bonds. The van der Waals surface area contributed by atoms with Crippen molar-refractivity contribution in [1.29, 1.82) is 0 Å². The molecule has 0 bridgehead atoms. The van der Waals surface area contributed by atoms with Crippen LogP contribution in [0.1, 0.15) is 24.2 Å². The van der Waals surface area contributed by atoms with E-state index in [1.165, 1.54) is 0 Å². The van der Waals surface area contributed by atoms with Gasteiger partial charge in [0.2, 0.25) is 5.91 Å². The van der Waals surface area contributed by atoms with Gasteiger partial charge in [-0.2, -0.15) is 5.10 Å². The van der Waals surface area contributed by atoms with Crippen LogP contribution in [0.2, 0.25) is 0 Å². The fraction of sp³-hybridized carbons (Fsp3) is 0.300. The number of benzene rings is 2. The molecular formula is C20H21N3O2. The zero-order chi connectivity index (χ0) is 17.2. The normalized spacial score (nSPS) is 20.8. The summed E-state index contributed by atoms with van der Waals surface area (Å²) in [4.78, 5) is 15.0. The summed E-state index contributed by atoms with van der Waals surface area (Å²) in [6, 6.07) is 17.9. The van der Waals surface area contributed by atoms with Crippen molar-refractivity contribution < 1.29 is 9.53 Å². The summed E-state index contributed by atoms with van der Waals surface area (Å²) in [7, 11) is 0. The molecule has 2 heterocycles. The molecule has 1 aromatic heterocycles. The number of carbonyl (C=O) groups excluding carboxylic acids is 1. The third-order valence-corrected chi connectivity index (χ3v) is 4.74. The van der Waals surface area contributed by atoms with E-state index in [2.05, 4.69) is 22.3 Å². The van der Waals surface area contributed by atoms with E-state index >= 15 is 0 Å². The van der Waals surface area contributed by atoms with Crippen LogP contribution in [-0.4, -0.2) is 40.3 Å². The number of aromatic nitrogens is 2. The first-order valence-corrected chi connectivity index (χ1v) is 8.60. The Morgan fingerprint density at radius 2 is 1.96 bits per heavy atom. The largest absolute Gasteiger partial charge is 0.374 e. The molecule has 1 fully saturated rings. The minimum atomic E-state index is -0.0425. The maximum absolute atomic E-state index is 13.1. The van der Waals surface area contributed by atoms with Crippen molar-refractivity contribution in [3.05, 3.63) is 65.9 Å². The van der Waals surface area contributed by atoms with Gasteiger partial charge < -0.3 is 9.64 Å². The van der Waals surface area contributed by atoms with Crippen molar-refractivity contribution in [2.24, 2.45) is 0 Å². The molecule has 1 saturated heterocycles. The zero-order valence-corrected chi connectivity index (χ0v) is 14.2. The highest BCUT2D eigenvalue weighted by Crippen LogP contribution is 2.27. The molecule has 0 saturated carbocycles. The second-order valence-electron chi connectivity index (χ2n) is 6.51. The molecule has 1 aliphatic rings. The van der Waals surface area contributed by atoms with Gasteiger partial charge in [0.05, 0.1) is 36.4 Å². The van der Waals surface area contributed by atoms with E-state index < -0.39 is 0 Å². The highest BCUT2D eigenvalue weighted by atomic mass is 16.5. The Balaban J connectivity index is 1.60. The van der Waals surface area contributed by atoms with E-state index in [4.69, 9.17) is 4.74 Å². The first-order valence-electron chi connectivity index (χ1n) is 8.60. The Morgan fingerprint density at radius 1 is 1.20 bits per heavy atom. The number of aromatic amines is 1. The second-order valence-corrected chi connectivity index (χ2v) is 6.51. The Bertz CT molecular complexity index is 875. The average Bonchev–Trinajstić information content (AvgIpc) is 3.05. The number of nitrogens with one attached hydrogen (secondary N) is 1. The molecule has 1 N–H and O–H groups in total. The minimum Gasteiger partial charge on any atom is -0.374 e. The number of para-hydroxylation sites is 1. The van der Waals surface area contributed by atoms with Crippen LogP contribution in [-0.2, 0) is 16.0 Å². The van der Waals surface area contributed by atoms with Gasteiger partial charge >= 0.3 is 0 Å². The molecule has 5 heteroatoms. The highest BCUT2D eigenvalue weighted by Gasteiger charge is 2.31. The van der Waals surface area contributed by atoms with Crippen LogP contribution >= 0.6 is 0 Å². The molecule has 0 aliphatic carbocycles. The van der Waals surface area contributed by atoms with Crippen LogP contribution in [0.15, 0.2) is 54.6 Å². The fourth-order valence-electron chi connectivity index (χ4n) is 3.43. The monoisotopic (exact) mass is 335 g/mol. The summed E-state index contributed by atoms with van der Waals surface area (Å²) in [6.45, 7) is 3.14. The van der Waals surface area contributed by atoms with Gasteiger partial charge in [0, 0.05) is 11.9 Å². The number of H-pyrrole nitrogens is 1. The summed E-state index contributed by atoms with van der Waals surface area (Å²) < 4.78 is 5.82. The number of fused-ring (bicyclic) bond motifs is 1. The second kappa shape index (κ2) is 6.69. The molecule has 3 aromatic rings. The van der Waals surface area contributed by atoms with Gasteiger partial charge in [0.1, 0.15) is 0 Å². The Morgan fingerprint density at radius 3 is 2.80 bits per heavy atom. The van der Waals surface area contributed by atoms with E-state index in [-0.39, 0.29) is 18.1 Å². The molecule has 5 nitrogen and oxygen atoms in total. The number of hydrogen-bond donors (Lipinski definition) is 1. The third kappa shape index (κ3) is 3.15. The third-order valence-electron chi connectivity index (χ3n) is 4.74. The lowest BCUT2D eigenvalue weighted by Crippen LogP contribution is -2.47. The predicted octanol–water partition coefficient (Wildman–Crippen LogP) is 3.09. The summed E-state index contributed by atoms with van der Waals surface area (Å²) in [6.07, 6.45) is 0.360. The quantitative estimate of drug-likeness (QED) is 0.800. The molecule has 1 aliphatic heterocycles. The topological polar surface area (TPSA) is 58.2 Å². The van der Waals surface area contributed by atoms with Crippen LogP contribution in [0.5, 0.6) is 0 Å². The van der Waals surface area contributed by atoms with Gasteiger partial charge in [-0.05, 0) is 18.6 Å². The number of hydrogen-bond acceptors (Lipinski definition) is 3. The Kier molecular flexibility index (Phi) is 4.24. The Hall–Kier alpha value is -2.66. The van der Waals surface area contributed by atoms with Crippen LogP contribution < -0.4 is 0 Å². The molecular weight excluding hydrogens is 314 g/mol. The maximum Gasteiger partial charge on any atom is 0.229 e. The number of morpholine rings is 1. The smallest absolute Gasteiger partial charge is 0.229 e. The standard InChI is InChI=1S/C20H21N3O2/c1-14-12-23(19(13-25-14)15-7-3-2-4-8-15)20(24)11-18-16-9-5-6-10-17(16)21-22-18/h2-10,14,19H,11-13H2,1H3,(H,21,22)/t14-,19+/m0/s1. The molecule has 128 valence electrons. The molecule has 25 heavy (non-hydrogen) atoms. The zero-order valence-electron chi connectivity index (χ0n) is 14.2. The van der Waals surface area contributed by atoms with E-state index in [0.29, 0.717) is 19.6 Å². The van der Waals surface area contributed by atoms with Gasteiger partial charge in [-0.15, -0.1) is 0 Å². The summed E-state index contributed by atoms with van der Waals surface area (Å²) >= 11 is 0. The highest BCUT2D eigenvalue weighted by molar-refractivity contribution is 5.87. The van der Waals surface area contributed by atoms with Gasteiger partial charge in [0.25, 0.3) is 0 Å². The minimum absolute atomic E-state index is 0.0425. The molecule has 4 rings (SSSR count). The number of carbonyl (C=O) groups is 1. The van der Waals surface area contributed by atoms with Gasteiger partial charge in [-0.3, -0.25) is 9.89 Å². The number of ether oxygens (including phenoxy) is 1. The molecule has 2 atom stereocenters. The number of rotatable bonds is 3. The van der Waals surface area contributed by atoms with Gasteiger partial charge in [0.15, 0.2) is 0 Å². The molecule has 0 radical (unpaired) electrons. The van der Waals surface area contributed by atoms with Crippen LogP contribution in [0.4, 0.5) is 0 Å². The van der Waals surface area contributed by atoms with Crippen LogP contribution in [0, 0.1) is 0 Å². The van der Waals surface area contributed by atoms with Crippen LogP contribution in [0.3, 0.4) is 0 Å². The Labute approximate surface area is 146 Å². The van der Waals surface area contributed by atoms with E-state index in [0.717, 1.165) is 22.2 Å². The van der Waals surface area contributed by atoms with Crippen LogP contribution in [0.25, 0.3) is 10.9 Å². The van der Waals surface area contributed by atoms with Crippen molar-refractivity contribution in [1.82, 2.24) is 15.1 Å². The summed E-state index contributed by atoms with van der Waals surface area (Å²) in [5.41, 5.74) is 2.86. The van der Waals surface area contributed by atoms with E-state index in [1.54, 1.807) is 0 Å². The predicted molar refractivity (Wildman–Crippen MR) is 96.1 cm³/mol. The summed E-state index contributed by atoms with van der Waals surface area (Å²) in [5, 5.41) is 8.32. The van der Waals surface area contributed by atoms with E-state index in [1.807, 2.05) is 54.3 Å². The lowest BCUT2D eigenvalue weighted by molar-refractivity contribution is -0.144. The fourth-order valence-corrected chi connectivity index (χ4v) is 3.43. The number of amides is 1. The number of nitrogens with zero attached hydrogens (tertiary/aromatic N) is 2. The molecule has 0 unspecified atom stereocenters. The molecule has 2 aromatic carbocycles. The van der Waals surface area contributed by atoms with Crippen molar-refractivity contribution in [2.45, 2.75) is 25.5 Å². The lowest BCUT2D eigenvalue weighted by atomic mass is 10.0. The summed E-state index contributed by atoms with van der Waals surface area (Å²) in [5.74, 6) is 0.0957. The molecule has 0 spiro atoms. The van der Waals surface area contributed by atoms with Crippen molar-refractivity contribution in [3.63, 3.8) is 0 Å². The van der Waals surface area contributed by atoms with E-state index in [9.17, 15) is 4.79 Å². The van der Waals surface area contributed by atoms with Gasteiger partial charge in [-0.25, -0.2) is 0 Å². The average molecular weight is 335 g/mol. The first-order chi connectivity index (χ1) is 12.2. The van der Waals surface area contributed by atoms with Crippen molar-refractivity contribution in [2.75, 3.05) is 13.2 Å². The maximum atomic E-state index is 13.1. The first kappa shape index (κ1) is 15.8.